The summed E-state index contributed by atoms with van der Waals surface area (Å²) < 4.78 is 17.8. The highest BCUT2D eigenvalue weighted by atomic mass is 16.5. The highest BCUT2D eigenvalue weighted by Crippen LogP contribution is 2.33. The van der Waals surface area contributed by atoms with Gasteiger partial charge in [-0.25, -0.2) is 4.79 Å². The van der Waals surface area contributed by atoms with Crippen molar-refractivity contribution in [3.8, 4) is 11.5 Å². The van der Waals surface area contributed by atoms with Crippen LogP contribution in [0.3, 0.4) is 0 Å². The van der Waals surface area contributed by atoms with E-state index in [2.05, 4.69) is 20.8 Å². The van der Waals surface area contributed by atoms with Crippen molar-refractivity contribution in [2.24, 2.45) is 0 Å². The van der Waals surface area contributed by atoms with Gasteiger partial charge in [0.1, 0.15) is 0 Å². The lowest BCUT2D eigenvalue weighted by molar-refractivity contribution is -0.137. The molecule has 41 heavy (non-hydrogen) atoms. The number of unbranched alkanes of at least 4 members (excludes halogenated alkanes) is 19. The van der Waals surface area contributed by atoms with Gasteiger partial charge in [-0.3, -0.25) is 0 Å². The second kappa shape index (κ2) is 28.2. The molecule has 0 heterocycles. The van der Waals surface area contributed by atoms with Gasteiger partial charge >= 0.3 is 5.97 Å². The molecule has 0 radical (unpaired) electrons. The SMILES string of the molecule is CCCCCCCCCCCCOc1cccc(C=CC(=O)OCCCC)c1OCCCCCCCCCCCC. The molecule has 4 heteroatoms. The van der Waals surface area contributed by atoms with Gasteiger partial charge in [-0.1, -0.05) is 155 Å². The van der Waals surface area contributed by atoms with Crippen molar-refractivity contribution >= 4 is 12.0 Å². The Morgan fingerprint density at radius 1 is 0.561 bits per heavy atom. The predicted molar refractivity (Wildman–Crippen MR) is 176 cm³/mol. The summed E-state index contributed by atoms with van der Waals surface area (Å²) in [5.74, 6) is 1.21. The molecule has 1 aromatic carbocycles. The first-order chi connectivity index (χ1) is 20.2. The van der Waals surface area contributed by atoms with E-state index < -0.39 is 0 Å². The Bertz CT molecular complexity index is 757. The van der Waals surface area contributed by atoms with Gasteiger partial charge in [-0.15, -0.1) is 0 Å². The fourth-order valence-electron chi connectivity index (χ4n) is 4.99. The molecule has 0 aliphatic carbocycles. The van der Waals surface area contributed by atoms with E-state index in [4.69, 9.17) is 14.2 Å². The number of rotatable bonds is 29. The van der Waals surface area contributed by atoms with Crippen LogP contribution in [0.1, 0.15) is 168 Å². The van der Waals surface area contributed by atoms with E-state index in [1.165, 1.54) is 122 Å². The molecule has 0 bridgehead atoms. The van der Waals surface area contributed by atoms with E-state index in [-0.39, 0.29) is 5.97 Å². The van der Waals surface area contributed by atoms with Crippen LogP contribution in [-0.4, -0.2) is 25.8 Å². The molecule has 1 aromatic rings. The molecule has 0 atom stereocenters. The molecule has 1 rings (SSSR count). The van der Waals surface area contributed by atoms with Gasteiger partial charge in [-0.2, -0.15) is 0 Å². The molecule has 0 saturated heterocycles. The fourth-order valence-corrected chi connectivity index (χ4v) is 4.99. The maximum Gasteiger partial charge on any atom is 0.330 e. The number of hydrogen-bond donors (Lipinski definition) is 0. The second-order valence-electron chi connectivity index (χ2n) is 11.6. The largest absolute Gasteiger partial charge is 0.490 e. The molecule has 0 aromatic heterocycles. The van der Waals surface area contributed by atoms with E-state index in [0.29, 0.717) is 19.8 Å². The van der Waals surface area contributed by atoms with Crippen LogP contribution in [-0.2, 0) is 9.53 Å². The minimum absolute atomic E-state index is 0.309. The molecule has 0 unspecified atom stereocenters. The molecule has 0 aliphatic rings. The number of carbonyl (C=O) groups excluding carboxylic acids is 1. The van der Waals surface area contributed by atoms with E-state index in [1.54, 1.807) is 6.08 Å². The lowest BCUT2D eigenvalue weighted by Crippen LogP contribution is -2.05. The summed E-state index contributed by atoms with van der Waals surface area (Å²) in [5, 5.41) is 0. The van der Waals surface area contributed by atoms with E-state index in [0.717, 1.165) is 42.7 Å². The summed E-state index contributed by atoms with van der Waals surface area (Å²) in [6, 6.07) is 5.95. The van der Waals surface area contributed by atoms with Crippen molar-refractivity contribution in [2.75, 3.05) is 19.8 Å². The third-order valence-electron chi connectivity index (χ3n) is 7.65. The first-order valence-corrected chi connectivity index (χ1v) is 17.5. The Balaban J connectivity index is 2.50. The van der Waals surface area contributed by atoms with Crippen molar-refractivity contribution in [1.29, 1.82) is 0 Å². The highest BCUT2D eigenvalue weighted by Gasteiger charge is 2.11. The van der Waals surface area contributed by atoms with Gasteiger partial charge in [0.2, 0.25) is 0 Å². The zero-order valence-corrected chi connectivity index (χ0v) is 27.2. The minimum Gasteiger partial charge on any atom is -0.490 e. The van der Waals surface area contributed by atoms with Crippen LogP contribution >= 0.6 is 0 Å². The maximum atomic E-state index is 12.2. The molecule has 0 amide bonds. The maximum absolute atomic E-state index is 12.2. The zero-order chi connectivity index (χ0) is 29.6. The van der Waals surface area contributed by atoms with Crippen molar-refractivity contribution in [1.82, 2.24) is 0 Å². The third kappa shape index (κ3) is 21.4. The van der Waals surface area contributed by atoms with Crippen molar-refractivity contribution in [3.63, 3.8) is 0 Å². The van der Waals surface area contributed by atoms with E-state index >= 15 is 0 Å². The molecule has 0 N–H and O–H groups in total. The quantitative estimate of drug-likeness (QED) is 0.0544. The average Bonchev–Trinajstić information content (AvgIpc) is 2.98. The van der Waals surface area contributed by atoms with E-state index in [1.807, 2.05) is 18.2 Å². The summed E-state index contributed by atoms with van der Waals surface area (Å²) in [4.78, 5) is 12.2. The minimum atomic E-state index is -0.309. The molecule has 0 fully saturated rings. The van der Waals surface area contributed by atoms with Crippen LogP contribution in [0.15, 0.2) is 24.3 Å². The summed E-state index contributed by atoms with van der Waals surface area (Å²) in [7, 11) is 0. The number of esters is 1. The number of benzene rings is 1. The van der Waals surface area contributed by atoms with Crippen molar-refractivity contribution in [2.45, 2.75) is 162 Å². The van der Waals surface area contributed by atoms with Gasteiger partial charge in [-0.05, 0) is 31.4 Å². The Morgan fingerprint density at radius 3 is 1.54 bits per heavy atom. The van der Waals surface area contributed by atoms with Crippen molar-refractivity contribution < 1.29 is 19.0 Å². The topological polar surface area (TPSA) is 44.8 Å². The molecular weight excluding hydrogens is 508 g/mol. The standard InChI is InChI=1S/C37H64O4/c1-4-7-10-12-14-16-18-20-22-24-32-39-35-28-26-27-34(29-30-36(38)40-31-9-6-3)37(35)41-33-25-23-21-19-17-15-13-11-8-5-2/h26-30H,4-25,31-33H2,1-3H3. The zero-order valence-electron chi connectivity index (χ0n) is 27.2. The van der Waals surface area contributed by atoms with Gasteiger partial charge in [0, 0.05) is 11.6 Å². The second-order valence-corrected chi connectivity index (χ2v) is 11.6. The van der Waals surface area contributed by atoms with Crippen LogP contribution in [0.5, 0.6) is 11.5 Å². The predicted octanol–water partition coefficient (Wildman–Crippen LogP) is 11.6. The molecule has 4 nitrogen and oxygen atoms in total. The van der Waals surface area contributed by atoms with Gasteiger partial charge in [0.05, 0.1) is 19.8 Å². The van der Waals surface area contributed by atoms with Crippen LogP contribution in [0.25, 0.3) is 6.08 Å². The van der Waals surface area contributed by atoms with E-state index in [9.17, 15) is 4.79 Å². The first kappa shape index (κ1) is 37.1. The summed E-state index contributed by atoms with van der Waals surface area (Å²) in [5.41, 5.74) is 0.866. The smallest absolute Gasteiger partial charge is 0.330 e. The summed E-state index contributed by atoms with van der Waals surface area (Å²) in [6.07, 6.45) is 31.3. The summed E-state index contributed by atoms with van der Waals surface area (Å²) >= 11 is 0. The molecular formula is C37H64O4. The Morgan fingerprint density at radius 2 is 1.02 bits per heavy atom. The summed E-state index contributed by atoms with van der Waals surface area (Å²) in [6.45, 7) is 8.45. The Kier molecular flexibility index (Phi) is 25.5. The van der Waals surface area contributed by atoms with Crippen LogP contribution in [0, 0.1) is 0 Å². The first-order valence-electron chi connectivity index (χ1n) is 17.5. The van der Waals surface area contributed by atoms with Crippen LogP contribution in [0.2, 0.25) is 0 Å². The monoisotopic (exact) mass is 572 g/mol. The van der Waals surface area contributed by atoms with Gasteiger partial charge in [0.25, 0.3) is 0 Å². The lowest BCUT2D eigenvalue weighted by Gasteiger charge is -2.15. The molecule has 236 valence electrons. The van der Waals surface area contributed by atoms with Gasteiger partial charge < -0.3 is 14.2 Å². The number of carbonyl (C=O) groups is 1. The molecule has 0 aliphatic heterocycles. The fraction of sp³-hybridized carbons (Fsp3) is 0.757. The highest BCUT2D eigenvalue weighted by molar-refractivity contribution is 5.87. The molecule has 0 spiro atoms. The third-order valence-corrected chi connectivity index (χ3v) is 7.65. The Hall–Kier alpha value is -1.97. The number of hydrogen-bond acceptors (Lipinski definition) is 4. The normalized spacial score (nSPS) is 11.3. The van der Waals surface area contributed by atoms with Crippen molar-refractivity contribution in [3.05, 3.63) is 29.8 Å². The Labute approximate surface area is 254 Å². The average molecular weight is 573 g/mol. The molecule has 0 saturated carbocycles. The van der Waals surface area contributed by atoms with Crippen LogP contribution < -0.4 is 9.47 Å². The lowest BCUT2D eigenvalue weighted by atomic mass is 10.1. The van der Waals surface area contributed by atoms with Gasteiger partial charge in [0.15, 0.2) is 11.5 Å². The number of ether oxygens (including phenoxy) is 3. The number of para-hydroxylation sites is 1. The van der Waals surface area contributed by atoms with Crippen LogP contribution in [0.4, 0.5) is 0 Å².